The molecule has 0 saturated carbocycles. The molecule has 0 bridgehead atoms. The van der Waals surface area contributed by atoms with E-state index in [0.29, 0.717) is 44.2 Å². The molecule has 2 amide bonds. The molecule has 27 heavy (non-hydrogen) atoms. The highest BCUT2D eigenvalue weighted by Gasteiger charge is 2.25. The van der Waals surface area contributed by atoms with Gasteiger partial charge in [-0.2, -0.15) is 0 Å². The van der Waals surface area contributed by atoms with E-state index in [1.165, 1.54) is 0 Å². The predicted molar refractivity (Wildman–Crippen MR) is 103 cm³/mol. The van der Waals surface area contributed by atoms with Gasteiger partial charge < -0.3 is 24.4 Å². The number of hydrogen-bond acceptors (Lipinski definition) is 4. The molecule has 1 aliphatic heterocycles. The lowest BCUT2D eigenvalue weighted by atomic mass is 10.1. The molecule has 6 heteroatoms. The molecule has 2 aromatic rings. The molecule has 1 heterocycles. The zero-order valence-electron chi connectivity index (χ0n) is 15.8. The normalized spacial score (nSPS) is 16.7. The Kier molecular flexibility index (Phi) is 6.54. The van der Waals surface area contributed by atoms with E-state index in [1.54, 1.807) is 14.2 Å². The highest BCUT2D eigenvalue weighted by Crippen LogP contribution is 2.30. The lowest BCUT2D eigenvalue weighted by Crippen LogP contribution is -2.47. The number of nitrogens with zero attached hydrogens (tertiary/aromatic N) is 1. The average Bonchev–Trinajstić information content (AvgIpc) is 2.74. The van der Waals surface area contributed by atoms with Crippen molar-refractivity contribution >= 4 is 6.03 Å². The number of morpholine rings is 1. The van der Waals surface area contributed by atoms with E-state index >= 15 is 0 Å². The highest BCUT2D eigenvalue weighted by molar-refractivity contribution is 5.74. The number of methoxy groups -OCH3 is 2. The number of carbonyl (C=O) groups excluding carboxylic acids is 1. The Morgan fingerprint density at radius 3 is 2.70 bits per heavy atom. The van der Waals surface area contributed by atoms with Crippen LogP contribution in [0.3, 0.4) is 0 Å². The number of urea groups is 1. The van der Waals surface area contributed by atoms with E-state index in [-0.39, 0.29) is 12.1 Å². The van der Waals surface area contributed by atoms with Gasteiger partial charge in [0.15, 0.2) is 11.5 Å². The summed E-state index contributed by atoms with van der Waals surface area (Å²) in [5.74, 6) is 1.41. The highest BCUT2D eigenvalue weighted by atomic mass is 16.5. The van der Waals surface area contributed by atoms with Gasteiger partial charge in [-0.25, -0.2) is 4.79 Å². The van der Waals surface area contributed by atoms with Crippen LogP contribution in [0.5, 0.6) is 11.5 Å². The van der Waals surface area contributed by atoms with Crippen LogP contribution in [0.1, 0.15) is 17.2 Å². The molecule has 1 atom stereocenters. The molecule has 0 aromatic heterocycles. The van der Waals surface area contributed by atoms with Crippen molar-refractivity contribution < 1.29 is 19.0 Å². The Balaban J connectivity index is 1.54. The average molecular weight is 370 g/mol. The smallest absolute Gasteiger partial charge is 0.317 e. The zero-order valence-corrected chi connectivity index (χ0v) is 15.8. The van der Waals surface area contributed by atoms with Gasteiger partial charge in [-0.1, -0.05) is 42.5 Å². The first-order valence-corrected chi connectivity index (χ1v) is 9.12. The van der Waals surface area contributed by atoms with Gasteiger partial charge in [0.25, 0.3) is 0 Å². The number of para-hydroxylation sites is 1. The van der Waals surface area contributed by atoms with E-state index in [2.05, 4.69) is 5.32 Å². The molecule has 1 aliphatic rings. The number of hydrogen-bond donors (Lipinski definition) is 1. The van der Waals surface area contributed by atoms with Crippen molar-refractivity contribution in [3.05, 3.63) is 59.7 Å². The maximum Gasteiger partial charge on any atom is 0.317 e. The van der Waals surface area contributed by atoms with Crippen molar-refractivity contribution in [3.63, 3.8) is 0 Å². The summed E-state index contributed by atoms with van der Waals surface area (Å²) in [6.07, 6.45) is 0.586. The molecule has 2 aromatic carbocycles. The van der Waals surface area contributed by atoms with Crippen molar-refractivity contribution in [1.82, 2.24) is 10.2 Å². The summed E-state index contributed by atoms with van der Waals surface area (Å²) in [5.41, 5.74) is 2.09. The lowest BCUT2D eigenvalue weighted by Gasteiger charge is -2.33. The van der Waals surface area contributed by atoms with Crippen LogP contribution in [0.4, 0.5) is 4.79 Å². The Labute approximate surface area is 160 Å². The third-order valence-corrected chi connectivity index (χ3v) is 4.68. The van der Waals surface area contributed by atoms with Gasteiger partial charge in [0.05, 0.1) is 27.4 Å². The number of benzene rings is 2. The summed E-state index contributed by atoms with van der Waals surface area (Å²) in [6, 6.07) is 15.7. The molecule has 1 unspecified atom stereocenters. The van der Waals surface area contributed by atoms with Crippen molar-refractivity contribution in [2.75, 3.05) is 40.5 Å². The van der Waals surface area contributed by atoms with Crippen molar-refractivity contribution in [1.29, 1.82) is 0 Å². The molecular formula is C21H26N2O4. The van der Waals surface area contributed by atoms with Crippen LogP contribution in [-0.2, 0) is 11.2 Å². The molecule has 1 N–H and O–H groups in total. The van der Waals surface area contributed by atoms with Crippen LogP contribution in [-0.4, -0.2) is 51.4 Å². The summed E-state index contributed by atoms with van der Waals surface area (Å²) in [4.78, 5) is 14.4. The monoisotopic (exact) mass is 370 g/mol. The largest absolute Gasteiger partial charge is 0.493 e. The fraction of sp³-hybridized carbons (Fsp3) is 0.381. The van der Waals surface area contributed by atoms with Crippen LogP contribution < -0.4 is 14.8 Å². The third-order valence-electron chi connectivity index (χ3n) is 4.68. The molecule has 1 saturated heterocycles. The number of rotatable bonds is 6. The van der Waals surface area contributed by atoms with Gasteiger partial charge in [0, 0.05) is 13.1 Å². The van der Waals surface area contributed by atoms with E-state index < -0.39 is 0 Å². The fourth-order valence-corrected chi connectivity index (χ4v) is 3.27. The Hall–Kier alpha value is -2.73. The van der Waals surface area contributed by atoms with Crippen LogP contribution in [0.15, 0.2) is 48.5 Å². The van der Waals surface area contributed by atoms with Crippen molar-refractivity contribution in [2.24, 2.45) is 0 Å². The van der Waals surface area contributed by atoms with E-state index in [1.807, 2.05) is 53.4 Å². The molecular weight excluding hydrogens is 344 g/mol. The predicted octanol–water partition coefficient (Wildman–Crippen LogP) is 3.03. The number of carbonyl (C=O) groups is 1. The van der Waals surface area contributed by atoms with Crippen LogP contribution >= 0.6 is 0 Å². The molecule has 3 rings (SSSR count). The summed E-state index contributed by atoms with van der Waals surface area (Å²) in [6.45, 7) is 2.21. The van der Waals surface area contributed by atoms with E-state index in [9.17, 15) is 4.79 Å². The third kappa shape index (κ3) is 4.71. The Morgan fingerprint density at radius 1 is 1.15 bits per heavy atom. The summed E-state index contributed by atoms with van der Waals surface area (Å²) in [5, 5.41) is 3.00. The Bertz CT molecular complexity index is 751. The topological polar surface area (TPSA) is 60.0 Å². The van der Waals surface area contributed by atoms with E-state index in [0.717, 1.165) is 11.1 Å². The number of amides is 2. The van der Waals surface area contributed by atoms with Gasteiger partial charge >= 0.3 is 6.03 Å². The zero-order chi connectivity index (χ0) is 19.1. The molecule has 144 valence electrons. The van der Waals surface area contributed by atoms with Crippen LogP contribution in [0.2, 0.25) is 0 Å². The van der Waals surface area contributed by atoms with Gasteiger partial charge in [-0.3, -0.25) is 0 Å². The van der Waals surface area contributed by atoms with Crippen LogP contribution in [0, 0.1) is 0 Å². The fourth-order valence-electron chi connectivity index (χ4n) is 3.27. The molecule has 6 nitrogen and oxygen atoms in total. The molecule has 0 aliphatic carbocycles. The minimum atomic E-state index is -0.0795. The molecule has 1 fully saturated rings. The summed E-state index contributed by atoms with van der Waals surface area (Å²) < 4.78 is 16.6. The standard InChI is InChI=1S/C21H26N2O4/c1-25-18-10-6-9-17(20(18)26-2)11-12-22-21(24)23-13-14-27-19(15-23)16-7-4-3-5-8-16/h3-10,19H,11-15H2,1-2H3,(H,22,24). The first-order valence-electron chi connectivity index (χ1n) is 9.12. The number of nitrogens with one attached hydrogen (secondary N) is 1. The second-order valence-electron chi connectivity index (χ2n) is 6.35. The molecule has 0 radical (unpaired) electrons. The quantitative estimate of drug-likeness (QED) is 0.849. The van der Waals surface area contributed by atoms with Crippen molar-refractivity contribution in [3.8, 4) is 11.5 Å². The lowest BCUT2D eigenvalue weighted by molar-refractivity contribution is -0.0153. The van der Waals surface area contributed by atoms with Gasteiger partial charge in [0.2, 0.25) is 0 Å². The first-order chi connectivity index (χ1) is 13.2. The van der Waals surface area contributed by atoms with E-state index in [4.69, 9.17) is 14.2 Å². The van der Waals surface area contributed by atoms with Crippen LogP contribution in [0.25, 0.3) is 0 Å². The van der Waals surface area contributed by atoms with Gasteiger partial charge in [-0.05, 0) is 23.6 Å². The second-order valence-corrected chi connectivity index (χ2v) is 6.35. The minimum Gasteiger partial charge on any atom is -0.493 e. The first kappa shape index (κ1) is 19.0. The molecule has 0 spiro atoms. The maximum absolute atomic E-state index is 12.5. The van der Waals surface area contributed by atoms with Gasteiger partial charge in [-0.15, -0.1) is 0 Å². The summed E-state index contributed by atoms with van der Waals surface area (Å²) in [7, 11) is 3.24. The van der Waals surface area contributed by atoms with Crippen molar-refractivity contribution in [2.45, 2.75) is 12.5 Å². The summed E-state index contributed by atoms with van der Waals surface area (Å²) >= 11 is 0. The minimum absolute atomic E-state index is 0.0684. The maximum atomic E-state index is 12.5. The number of ether oxygens (including phenoxy) is 3. The SMILES string of the molecule is COc1cccc(CCNC(=O)N2CCOC(c3ccccc3)C2)c1OC. The second kappa shape index (κ2) is 9.28. The Morgan fingerprint density at radius 2 is 1.96 bits per heavy atom. The van der Waals surface area contributed by atoms with Gasteiger partial charge in [0.1, 0.15) is 6.10 Å².